The number of carboxylic acid groups (broad SMARTS) is 1. The van der Waals surface area contributed by atoms with E-state index in [1.807, 2.05) is 6.92 Å². The highest BCUT2D eigenvalue weighted by Gasteiger charge is 2.64. The number of carbonyl (C=O) groups excluding carboxylic acids is 1. The molecule has 0 aromatic heterocycles. The van der Waals surface area contributed by atoms with Gasteiger partial charge >= 0.3 is 18.2 Å². The van der Waals surface area contributed by atoms with Gasteiger partial charge in [0.1, 0.15) is 0 Å². The highest BCUT2D eigenvalue weighted by Crippen LogP contribution is 2.46. The van der Waals surface area contributed by atoms with Crippen LogP contribution >= 0.6 is 0 Å². The van der Waals surface area contributed by atoms with E-state index in [0.29, 0.717) is 6.42 Å². The summed E-state index contributed by atoms with van der Waals surface area (Å²) in [4.78, 5) is 25.7. The van der Waals surface area contributed by atoms with E-state index >= 15 is 0 Å². The molecule has 122 valence electrons. The van der Waals surface area contributed by atoms with Gasteiger partial charge < -0.3 is 14.9 Å². The summed E-state index contributed by atoms with van der Waals surface area (Å²) in [5.41, 5.74) is -3.37. The Hall–Kier alpha value is -1.47. The summed E-state index contributed by atoms with van der Waals surface area (Å²) in [6, 6.07) is -0.575. The van der Waals surface area contributed by atoms with Crippen molar-refractivity contribution in [1.29, 1.82) is 0 Å². The molecule has 1 aliphatic rings. The zero-order chi connectivity index (χ0) is 16.6. The monoisotopic (exact) mass is 310 g/mol. The molecule has 1 saturated heterocycles. The van der Waals surface area contributed by atoms with Crippen molar-refractivity contribution < 1.29 is 27.9 Å². The lowest BCUT2D eigenvalue weighted by atomic mass is 9.86. The van der Waals surface area contributed by atoms with Gasteiger partial charge in [-0.3, -0.25) is 4.79 Å². The van der Waals surface area contributed by atoms with Crippen LogP contribution in [0.3, 0.4) is 0 Å². The summed E-state index contributed by atoms with van der Waals surface area (Å²) < 4.78 is 39.2. The van der Waals surface area contributed by atoms with Crippen LogP contribution in [0.15, 0.2) is 0 Å². The zero-order valence-electron chi connectivity index (χ0n) is 12.6. The van der Waals surface area contributed by atoms with E-state index in [1.165, 1.54) is 11.9 Å². The van der Waals surface area contributed by atoms with E-state index in [1.54, 1.807) is 13.8 Å². The van der Waals surface area contributed by atoms with Gasteiger partial charge in [-0.2, -0.15) is 13.2 Å². The molecule has 0 saturated carbocycles. The van der Waals surface area contributed by atoms with Gasteiger partial charge in [0.25, 0.3) is 0 Å². The summed E-state index contributed by atoms with van der Waals surface area (Å²) in [5, 5.41) is 8.97. The largest absolute Gasteiger partial charge is 0.481 e. The normalized spacial score (nSPS) is 23.3. The smallest absolute Gasteiger partial charge is 0.406 e. The topological polar surface area (TPSA) is 60.9 Å². The molecule has 1 unspecified atom stereocenters. The van der Waals surface area contributed by atoms with Gasteiger partial charge in [0, 0.05) is 25.7 Å². The van der Waals surface area contributed by atoms with Gasteiger partial charge in [-0.05, 0) is 26.7 Å². The molecule has 1 atom stereocenters. The van der Waals surface area contributed by atoms with Crippen LogP contribution in [0, 0.1) is 5.41 Å². The molecule has 0 spiro atoms. The van der Waals surface area contributed by atoms with Gasteiger partial charge in [-0.1, -0.05) is 6.92 Å². The molecule has 2 amide bonds. The lowest BCUT2D eigenvalue weighted by Gasteiger charge is -2.37. The Morgan fingerprint density at radius 1 is 1.33 bits per heavy atom. The molecule has 1 aliphatic heterocycles. The Morgan fingerprint density at radius 3 is 2.19 bits per heavy atom. The van der Waals surface area contributed by atoms with Crippen LogP contribution in [0.1, 0.15) is 33.6 Å². The minimum absolute atomic E-state index is 0.214. The molecule has 5 nitrogen and oxygen atoms in total. The Balaban J connectivity index is 2.96. The molecule has 0 radical (unpaired) electrons. The molecule has 1 fully saturated rings. The van der Waals surface area contributed by atoms with E-state index in [0.717, 1.165) is 4.90 Å². The maximum absolute atomic E-state index is 13.1. The number of halogens is 3. The average molecular weight is 310 g/mol. The number of carboxylic acids is 1. The third-order valence-corrected chi connectivity index (χ3v) is 4.55. The summed E-state index contributed by atoms with van der Waals surface area (Å²) in [7, 11) is 1.51. The Labute approximate surface area is 121 Å². The molecule has 21 heavy (non-hydrogen) atoms. The van der Waals surface area contributed by atoms with Crippen LogP contribution in [0.25, 0.3) is 0 Å². The second-order valence-corrected chi connectivity index (χ2v) is 6.06. The van der Waals surface area contributed by atoms with Crippen LogP contribution in [-0.4, -0.2) is 58.8 Å². The van der Waals surface area contributed by atoms with E-state index in [2.05, 4.69) is 0 Å². The number of carbonyl (C=O) groups is 2. The van der Waals surface area contributed by atoms with Crippen molar-refractivity contribution in [2.75, 3.05) is 20.1 Å². The molecule has 8 heteroatoms. The van der Waals surface area contributed by atoms with Crippen LogP contribution in [0.4, 0.5) is 18.0 Å². The summed E-state index contributed by atoms with van der Waals surface area (Å²) in [5.74, 6) is -1.93. The van der Waals surface area contributed by atoms with E-state index in [-0.39, 0.29) is 6.54 Å². The molecule has 0 bridgehead atoms. The fourth-order valence-electron chi connectivity index (χ4n) is 2.21. The van der Waals surface area contributed by atoms with Crippen molar-refractivity contribution in [2.45, 2.75) is 45.3 Å². The number of hydrogen-bond donors (Lipinski definition) is 1. The molecular formula is C13H21F3N2O3. The predicted molar refractivity (Wildman–Crippen MR) is 69.8 cm³/mol. The first-order valence-corrected chi connectivity index (χ1v) is 6.72. The number of amides is 2. The maximum Gasteiger partial charge on any atom is 0.406 e. The van der Waals surface area contributed by atoms with Crippen molar-refractivity contribution in [2.24, 2.45) is 5.41 Å². The average Bonchev–Trinajstić information content (AvgIpc) is 2.82. The van der Waals surface area contributed by atoms with Crippen LogP contribution in [0.2, 0.25) is 0 Å². The lowest BCUT2D eigenvalue weighted by molar-refractivity contribution is -0.227. The number of likely N-dealkylation sites (tertiary alicyclic amines) is 1. The summed E-state index contributed by atoms with van der Waals surface area (Å²) in [6.45, 7) is 4.42. The molecular weight excluding hydrogens is 289 g/mol. The Bertz CT molecular complexity index is 437. The Kier molecular flexibility index (Phi) is 4.51. The molecule has 1 heterocycles. The first-order chi connectivity index (χ1) is 9.39. The number of alkyl halides is 3. The summed E-state index contributed by atoms with van der Waals surface area (Å²) >= 11 is 0. The second-order valence-electron chi connectivity index (χ2n) is 6.06. The van der Waals surface area contributed by atoms with Gasteiger partial charge in [0.05, 0.1) is 0 Å². The molecule has 0 aromatic carbocycles. The van der Waals surface area contributed by atoms with Gasteiger partial charge in [-0.15, -0.1) is 0 Å². The summed E-state index contributed by atoms with van der Waals surface area (Å²) in [6.07, 6.45) is -4.86. The van der Waals surface area contributed by atoms with Crippen molar-refractivity contribution in [3.63, 3.8) is 0 Å². The second kappa shape index (κ2) is 5.38. The number of aliphatic carboxylic acids is 1. The number of hydrogen-bond acceptors (Lipinski definition) is 2. The molecule has 1 rings (SSSR count). The fourth-order valence-corrected chi connectivity index (χ4v) is 2.21. The van der Waals surface area contributed by atoms with E-state index in [9.17, 15) is 22.8 Å². The van der Waals surface area contributed by atoms with Gasteiger partial charge in [-0.25, -0.2) is 4.79 Å². The molecule has 0 aromatic rings. The van der Waals surface area contributed by atoms with E-state index < -0.39 is 42.1 Å². The lowest BCUT2D eigenvalue weighted by Crippen LogP contribution is -2.52. The van der Waals surface area contributed by atoms with Crippen molar-refractivity contribution in [1.82, 2.24) is 9.80 Å². The van der Waals surface area contributed by atoms with Crippen molar-refractivity contribution in [3.05, 3.63) is 0 Å². The third kappa shape index (κ3) is 2.94. The third-order valence-electron chi connectivity index (χ3n) is 4.55. The highest BCUT2D eigenvalue weighted by molar-refractivity contribution is 5.80. The van der Waals surface area contributed by atoms with E-state index in [4.69, 9.17) is 5.11 Å². The van der Waals surface area contributed by atoms with Crippen LogP contribution in [-0.2, 0) is 4.79 Å². The number of nitrogens with zero attached hydrogens (tertiary/aromatic N) is 2. The zero-order valence-corrected chi connectivity index (χ0v) is 12.6. The fraction of sp³-hybridized carbons (Fsp3) is 0.846. The van der Waals surface area contributed by atoms with Crippen molar-refractivity contribution >= 4 is 12.0 Å². The van der Waals surface area contributed by atoms with Crippen LogP contribution in [0.5, 0.6) is 0 Å². The SMILES string of the molecule is CCC(C)(C)N(C)C(=O)N1CCC(C(=O)O)(C(F)(F)F)C1. The number of rotatable bonds is 3. The van der Waals surface area contributed by atoms with Crippen LogP contribution < -0.4 is 0 Å². The minimum atomic E-state index is -4.88. The molecule has 1 N–H and O–H groups in total. The Morgan fingerprint density at radius 2 is 1.86 bits per heavy atom. The van der Waals surface area contributed by atoms with Gasteiger partial charge in [0.15, 0.2) is 5.41 Å². The minimum Gasteiger partial charge on any atom is -0.481 e. The van der Waals surface area contributed by atoms with Gasteiger partial charge in [0.2, 0.25) is 0 Å². The predicted octanol–water partition coefficient (Wildman–Crippen LogP) is 2.57. The molecule has 0 aliphatic carbocycles. The standard InChI is InChI=1S/C13H21F3N2O3/c1-5-11(2,3)17(4)10(21)18-7-6-12(8-18,9(19)20)13(14,15)16/h5-8H2,1-4H3,(H,19,20). The maximum atomic E-state index is 13.1. The number of urea groups is 1. The first-order valence-electron chi connectivity index (χ1n) is 6.72. The van der Waals surface area contributed by atoms with Crippen molar-refractivity contribution in [3.8, 4) is 0 Å². The first kappa shape index (κ1) is 17.6. The quantitative estimate of drug-likeness (QED) is 0.871. The highest BCUT2D eigenvalue weighted by atomic mass is 19.4.